The summed E-state index contributed by atoms with van der Waals surface area (Å²) in [6.45, 7) is 0. The van der Waals surface area contributed by atoms with Gasteiger partial charge in [-0.3, -0.25) is 0 Å². The molecule has 0 aliphatic rings. The number of rotatable bonds is 3. The number of nitrogens with zero attached hydrogens (tertiary/aromatic N) is 1. The standard InChI is InChI=1S/C40H26N2/c1-2-12-31(13-3-1)42-38-17-9-7-15-33(38)35-23-28(20-21-39(35)42)30-24-34(29-19-18-26-10-4-5-11-27(26)22-29)40-36(25-30)32-14-6-8-16-37(32)41-40/h1-25,41H/i1D,2D,3D,4D,5D,10D,11D,12D,13D,18D,19D,22D. The smallest absolute Gasteiger partial charge is 0.0645 e. The fourth-order valence-electron chi connectivity index (χ4n) is 5.98. The lowest BCUT2D eigenvalue weighted by Gasteiger charge is -2.11. The second-order valence-corrected chi connectivity index (χ2v) is 10.2. The first kappa shape index (κ1) is 14.3. The van der Waals surface area contributed by atoms with Crippen LogP contribution in [0.3, 0.4) is 0 Å². The van der Waals surface area contributed by atoms with E-state index in [2.05, 4.69) is 4.98 Å². The number of hydrogen-bond acceptors (Lipinski definition) is 0. The van der Waals surface area contributed by atoms with E-state index >= 15 is 0 Å². The zero-order chi connectivity index (χ0) is 38.1. The van der Waals surface area contributed by atoms with Gasteiger partial charge in [-0.25, -0.2) is 0 Å². The third-order valence-electron chi connectivity index (χ3n) is 7.85. The molecule has 0 saturated heterocycles. The van der Waals surface area contributed by atoms with E-state index in [0.29, 0.717) is 27.7 Å². The van der Waals surface area contributed by atoms with Crippen LogP contribution in [0.4, 0.5) is 0 Å². The van der Waals surface area contributed by atoms with Crippen LogP contribution in [0, 0.1) is 0 Å². The van der Waals surface area contributed by atoms with Gasteiger partial charge in [0, 0.05) is 38.3 Å². The number of fused-ring (bicyclic) bond motifs is 7. The Kier molecular flexibility index (Phi) is 3.06. The van der Waals surface area contributed by atoms with Crippen molar-refractivity contribution in [3.05, 3.63) is 151 Å². The Hall–Kier alpha value is -5.60. The number of hydrogen-bond donors (Lipinski definition) is 1. The van der Waals surface area contributed by atoms with Gasteiger partial charge in [0.1, 0.15) is 0 Å². The van der Waals surface area contributed by atoms with Gasteiger partial charge >= 0.3 is 0 Å². The molecule has 1 N–H and O–H groups in total. The lowest BCUT2D eigenvalue weighted by Crippen LogP contribution is -1.92. The molecule has 0 atom stereocenters. The normalized spacial score (nSPS) is 15.8. The van der Waals surface area contributed by atoms with Crippen molar-refractivity contribution in [2.24, 2.45) is 0 Å². The van der Waals surface area contributed by atoms with Crippen molar-refractivity contribution in [1.82, 2.24) is 9.55 Å². The predicted molar refractivity (Wildman–Crippen MR) is 179 cm³/mol. The van der Waals surface area contributed by atoms with E-state index in [1.807, 2.05) is 78.9 Å². The number of nitrogens with one attached hydrogen (secondary N) is 1. The molecular formula is C40H26N2. The fraction of sp³-hybridized carbons (Fsp3) is 0. The highest BCUT2D eigenvalue weighted by atomic mass is 15.0. The van der Waals surface area contributed by atoms with E-state index in [0.717, 1.165) is 32.6 Å². The topological polar surface area (TPSA) is 20.7 Å². The van der Waals surface area contributed by atoms with E-state index in [9.17, 15) is 1.37 Å². The largest absolute Gasteiger partial charge is 0.354 e. The first-order valence-electron chi connectivity index (χ1n) is 19.5. The molecule has 42 heavy (non-hydrogen) atoms. The Morgan fingerprint density at radius 2 is 1.26 bits per heavy atom. The average Bonchev–Trinajstić information content (AvgIpc) is 3.72. The van der Waals surface area contributed by atoms with E-state index in [1.54, 1.807) is 4.57 Å². The SMILES string of the molecule is [2H]c1c([2H])c([2H])c(-n2c3ccccc3c3cc(-c4cc(-c5c([2H])c([2H])c6c([2H])c([2H])c([2H])c([2H])c6c5[2H])c5[nH]c6ccccc6c5c4)ccc32)c([2H])c1[2H]. The zero-order valence-corrected chi connectivity index (χ0v) is 22.0. The van der Waals surface area contributed by atoms with E-state index in [1.165, 1.54) is 0 Å². The highest BCUT2D eigenvalue weighted by molar-refractivity contribution is 6.15. The molecule has 2 aromatic heterocycles. The highest BCUT2D eigenvalue weighted by Crippen LogP contribution is 2.40. The summed E-state index contributed by atoms with van der Waals surface area (Å²) in [5, 5.41) is 2.90. The second kappa shape index (κ2) is 8.95. The van der Waals surface area contributed by atoms with Crippen LogP contribution in [0.1, 0.15) is 16.4 Å². The molecule has 9 aromatic rings. The van der Waals surface area contributed by atoms with Crippen molar-refractivity contribution in [1.29, 1.82) is 0 Å². The minimum absolute atomic E-state index is 0.0360. The number of benzene rings is 7. The fourth-order valence-corrected chi connectivity index (χ4v) is 5.98. The van der Waals surface area contributed by atoms with Gasteiger partial charge in [-0.15, -0.1) is 0 Å². The number of H-pyrrole nitrogens is 1. The van der Waals surface area contributed by atoms with Crippen LogP contribution in [0.5, 0.6) is 0 Å². The maximum atomic E-state index is 9.33. The molecule has 2 heterocycles. The molecule has 0 spiro atoms. The monoisotopic (exact) mass is 546 g/mol. The third-order valence-corrected chi connectivity index (χ3v) is 7.85. The molecule has 0 radical (unpaired) electrons. The first-order valence-corrected chi connectivity index (χ1v) is 13.5. The van der Waals surface area contributed by atoms with Gasteiger partial charge in [-0.05, 0) is 82.0 Å². The average molecular weight is 547 g/mol. The van der Waals surface area contributed by atoms with Crippen LogP contribution < -0.4 is 0 Å². The van der Waals surface area contributed by atoms with Gasteiger partial charge in [-0.2, -0.15) is 0 Å². The molecule has 9 rings (SSSR count). The van der Waals surface area contributed by atoms with Gasteiger partial charge < -0.3 is 9.55 Å². The summed E-state index contributed by atoms with van der Waals surface area (Å²) in [5.41, 5.74) is 4.61. The van der Waals surface area contributed by atoms with Gasteiger partial charge in [0.05, 0.1) is 33.0 Å². The molecule has 0 fully saturated rings. The number of aromatic nitrogens is 2. The van der Waals surface area contributed by atoms with Crippen LogP contribution in [-0.4, -0.2) is 9.55 Å². The molecule has 7 aromatic carbocycles. The molecular weight excluding hydrogens is 508 g/mol. The lowest BCUT2D eigenvalue weighted by molar-refractivity contribution is 1.18. The molecule has 0 aliphatic carbocycles. The summed E-state index contributed by atoms with van der Waals surface area (Å²) >= 11 is 0. The van der Waals surface area contributed by atoms with Gasteiger partial charge in [0.2, 0.25) is 0 Å². The quantitative estimate of drug-likeness (QED) is 0.227. The molecule has 0 saturated carbocycles. The molecule has 2 heteroatoms. The molecule has 2 nitrogen and oxygen atoms in total. The van der Waals surface area contributed by atoms with Crippen LogP contribution in [0.25, 0.3) is 82.3 Å². The summed E-state index contributed by atoms with van der Waals surface area (Å²) in [6.07, 6.45) is 0. The summed E-state index contributed by atoms with van der Waals surface area (Å²) in [4.78, 5) is 3.43. The van der Waals surface area contributed by atoms with Crippen molar-refractivity contribution < 1.29 is 16.4 Å². The highest BCUT2D eigenvalue weighted by Gasteiger charge is 2.16. The minimum Gasteiger partial charge on any atom is -0.354 e. The lowest BCUT2D eigenvalue weighted by atomic mass is 9.94. The molecule has 0 aliphatic heterocycles. The van der Waals surface area contributed by atoms with Crippen LogP contribution in [0.15, 0.2) is 151 Å². The van der Waals surface area contributed by atoms with E-state index in [4.69, 9.17) is 15.1 Å². The Morgan fingerprint density at radius 1 is 0.524 bits per heavy atom. The maximum Gasteiger partial charge on any atom is 0.0645 e. The summed E-state index contributed by atoms with van der Waals surface area (Å²) in [6, 6.07) is 19.6. The zero-order valence-electron chi connectivity index (χ0n) is 34.0. The first-order chi connectivity index (χ1) is 25.8. The Morgan fingerprint density at radius 3 is 2.17 bits per heavy atom. The second-order valence-electron chi connectivity index (χ2n) is 10.2. The van der Waals surface area contributed by atoms with Crippen LogP contribution >= 0.6 is 0 Å². The summed E-state index contributed by atoms with van der Waals surface area (Å²) in [7, 11) is 0. The van der Waals surface area contributed by atoms with E-state index < -0.39 is 48.3 Å². The Labute approximate surface area is 259 Å². The summed E-state index contributed by atoms with van der Waals surface area (Å²) in [5.74, 6) is 0. The van der Waals surface area contributed by atoms with Gasteiger partial charge in [-0.1, -0.05) is 96.8 Å². The number of para-hydroxylation sites is 3. The third kappa shape index (κ3) is 3.45. The molecule has 0 unspecified atom stereocenters. The van der Waals surface area contributed by atoms with Crippen molar-refractivity contribution >= 4 is 54.4 Å². The van der Waals surface area contributed by atoms with E-state index in [-0.39, 0.29) is 46.2 Å². The predicted octanol–water partition coefficient (Wildman–Crippen LogP) is 10.9. The van der Waals surface area contributed by atoms with Crippen LogP contribution in [-0.2, 0) is 0 Å². The van der Waals surface area contributed by atoms with Crippen molar-refractivity contribution in [2.45, 2.75) is 0 Å². The van der Waals surface area contributed by atoms with Gasteiger partial charge in [0.25, 0.3) is 0 Å². The Bertz CT molecular complexity index is 3110. The molecule has 0 bridgehead atoms. The molecule has 0 amide bonds. The maximum absolute atomic E-state index is 9.33. The minimum atomic E-state index is -0.532. The number of aromatic amines is 1. The van der Waals surface area contributed by atoms with Crippen molar-refractivity contribution in [3.8, 4) is 27.9 Å². The molecule has 196 valence electrons. The summed E-state index contributed by atoms with van der Waals surface area (Å²) < 4.78 is 105. The van der Waals surface area contributed by atoms with Crippen LogP contribution in [0.2, 0.25) is 0 Å². The van der Waals surface area contributed by atoms with Gasteiger partial charge in [0.15, 0.2) is 0 Å². The van der Waals surface area contributed by atoms with Crippen molar-refractivity contribution in [3.63, 3.8) is 0 Å². The Balaban J connectivity index is 1.37. The van der Waals surface area contributed by atoms with Crippen molar-refractivity contribution in [2.75, 3.05) is 0 Å².